The van der Waals surface area contributed by atoms with Crippen LogP contribution >= 0.6 is 0 Å². The van der Waals surface area contributed by atoms with Crippen LogP contribution < -0.4 is 5.32 Å². The molecule has 2 aliphatic rings. The van der Waals surface area contributed by atoms with Gasteiger partial charge in [0, 0.05) is 0 Å². The Morgan fingerprint density at radius 1 is 1.20 bits per heavy atom. The molecule has 0 radical (unpaired) electrons. The zero-order chi connectivity index (χ0) is 10.7. The minimum atomic E-state index is -0.261. The quantitative estimate of drug-likeness (QED) is 0.767. The van der Waals surface area contributed by atoms with Crippen molar-refractivity contribution in [3.05, 3.63) is 0 Å². The Kier molecular flexibility index (Phi) is 3.31. The lowest BCUT2D eigenvalue weighted by Crippen LogP contribution is -2.49. The molecular weight excluding hydrogens is 184 g/mol. The molecule has 1 unspecified atom stereocenters. The van der Waals surface area contributed by atoms with Gasteiger partial charge in [0.1, 0.15) is 5.54 Å². The van der Waals surface area contributed by atoms with Gasteiger partial charge in [-0.05, 0) is 51.0 Å². The lowest BCUT2D eigenvalue weighted by Gasteiger charge is -2.35. The van der Waals surface area contributed by atoms with E-state index in [1.54, 1.807) is 0 Å². The Balaban J connectivity index is 1.89. The maximum Gasteiger partial charge on any atom is 0.106 e. The molecule has 0 aromatic rings. The van der Waals surface area contributed by atoms with E-state index in [2.05, 4.69) is 18.3 Å². The number of nitrogens with zero attached hydrogens (tertiary/aromatic N) is 1. The molecule has 2 rings (SSSR count). The average Bonchev–Trinajstić information content (AvgIpc) is 3.11. The van der Waals surface area contributed by atoms with Crippen molar-refractivity contribution < 1.29 is 0 Å². The molecule has 0 bridgehead atoms. The highest BCUT2D eigenvalue weighted by Gasteiger charge is 2.36. The molecule has 0 saturated heterocycles. The first-order valence-corrected chi connectivity index (χ1v) is 6.41. The fraction of sp³-hybridized carbons (Fsp3) is 0.923. The van der Waals surface area contributed by atoms with E-state index < -0.39 is 0 Å². The minimum Gasteiger partial charge on any atom is -0.299 e. The van der Waals surface area contributed by atoms with E-state index in [-0.39, 0.29) is 5.54 Å². The third kappa shape index (κ3) is 2.72. The predicted molar refractivity (Wildman–Crippen MR) is 61.3 cm³/mol. The van der Waals surface area contributed by atoms with E-state index in [1.165, 1.54) is 44.9 Å². The average molecular weight is 206 g/mol. The Morgan fingerprint density at radius 2 is 1.87 bits per heavy atom. The molecule has 2 nitrogen and oxygen atoms in total. The van der Waals surface area contributed by atoms with Gasteiger partial charge in [-0.1, -0.05) is 19.3 Å². The Hall–Kier alpha value is -0.550. The van der Waals surface area contributed by atoms with E-state index in [0.29, 0.717) is 5.92 Å². The van der Waals surface area contributed by atoms with E-state index in [0.717, 1.165) is 12.5 Å². The summed E-state index contributed by atoms with van der Waals surface area (Å²) in [4.78, 5) is 0. The molecule has 1 atom stereocenters. The second-order valence-corrected chi connectivity index (χ2v) is 5.47. The number of nitrogens with one attached hydrogen (secondary N) is 1. The van der Waals surface area contributed by atoms with Crippen LogP contribution in [0, 0.1) is 23.2 Å². The third-order valence-electron chi connectivity index (χ3n) is 4.11. The van der Waals surface area contributed by atoms with E-state index in [9.17, 15) is 5.26 Å². The topological polar surface area (TPSA) is 35.8 Å². The maximum atomic E-state index is 9.36. The van der Waals surface area contributed by atoms with Crippen molar-refractivity contribution in [3.8, 4) is 6.07 Å². The van der Waals surface area contributed by atoms with Gasteiger partial charge in [0.25, 0.3) is 0 Å². The van der Waals surface area contributed by atoms with Crippen molar-refractivity contribution in [2.75, 3.05) is 6.54 Å². The molecule has 2 aliphatic carbocycles. The van der Waals surface area contributed by atoms with Crippen LogP contribution in [0.3, 0.4) is 0 Å². The molecule has 0 spiro atoms. The van der Waals surface area contributed by atoms with Crippen LogP contribution in [-0.2, 0) is 0 Å². The van der Waals surface area contributed by atoms with Gasteiger partial charge in [-0.25, -0.2) is 0 Å². The molecule has 15 heavy (non-hydrogen) atoms. The van der Waals surface area contributed by atoms with Gasteiger partial charge in [-0.15, -0.1) is 0 Å². The Labute approximate surface area is 93.0 Å². The summed E-state index contributed by atoms with van der Waals surface area (Å²) in [5.74, 6) is 1.44. The molecule has 2 saturated carbocycles. The van der Waals surface area contributed by atoms with Crippen LogP contribution in [0.25, 0.3) is 0 Å². The van der Waals surface area contributed by atoms with Crippen molar-refractivity contribution >= 4 is 0 Å². The van der Waals surface area contributed by atoms with Gasteiger partial charge in [-0.3, -0.25) is 5.32 Å². The first-order valence-electron chi connectivity index (χ1n) is 6.41. The van der Waals surface area contributed by atoms with Gasteiger partial charge in [0.05, 0.1) is 6.07 Å². The largest absolute Gasteiger partial charge is 0.299 e. The van der Waals surface area contributed by atoms with Crippen LogP contribution in [0.1, 0.15) is 51.9 Å². The van der Waals surface area contributed by atoms with Crippen LogP contribution in [0.4, 0.5) is 0 Å². The Bertz CT molecular complexity index is 246. The summed E-state index contributed by atoms with van der Waals surface area (Å²) in [6.45, 7) is 3.16. The Morgan fingerprint density at radius 3 is 2.40 bits per heavy atom. The lowest BCUT2D eigenvalue weighted by molar-refractivity contribution is 0.226. The molecule has 0 aromatic heterocycles. The molecule has 0 amide bonds. The highest BCUT2D eigenvalue weighted by atomic mass is 15.0. The standard InChI is InChI=1S/C13H22N2/c1-13(10-14,15-9-11-7-8-11)12-5-3-2-4-6-12/h11-12,15H,2-9H2,1H3. The van der Waals surface area contributed by atoms with Crippen LogP contribution in [0.2, 0.25) is 0 Å². The smallest absolute Gasteiger partial charge is 0.106 e. The molecule has 2 heteroatoms. The predicted octanol–water partition coefficient (Wildman–Crippen LogP) is 2.85. The van der Waals surface area contributed by atoms with Gasteiger partial charge >= 0.3 is 0 Å². The first kappa shape index (κ1) is 11.0. The first-order chi connectivity index (χ1) is 7.24. The van der Waals surface area contributed by atoms with Crippen molar-refractivity contribution in [2.24, 2.45) is 11.8 Å². The van der Waals surface area contributed by atoms with Crippen molar-refractivity contribution in [3.63, 3.8) is 0 Å². The molecule has 0 heterocycles. The number of nitriles is 1. The van der Waals surface area contributed by atoms with Gasteiger partial charge in [0.2, 0.25) is 0 Å². The summed E-state index contributed by atoms with van der Waals surface area (Å²) in [6.07, 6.45) is 9.18. The van der Waals surface area contributed by atoms with Crippen LogP contribution in [-0.4, -0.2) is 12.1 Å². The van der Waals surface area contributed by atoms with Crippen molar-refractivity contribution in [2.45, 2.75) is 57.4 Å². The van der Waals surface area contributed by atoms with Gasteiger partial charge in [0.15, 0.2) is 0 Å². The summed E-state index contributed by atoms with van der Waals surface area (Å²) in [7, 11) is 0. The van der Waals surface area contributed by atoms with Crippen molar-refractivity contribution in [1.82, 2.24) is 5.32 Å². The summed E-state index contributed by atoms with van der Waals surface area (Å²) in [5, 5.41) is 12.9. The minimum absolute atomic E-state index is 0.261. The molecule has 0 aromatic carbocycles. The van der Waals surface area contributed by atoms with E-state index in [1.807, 2.05) is 0 Å². The zero-order valence-corrected chi connectivity index (χ0v) is 9.76. The SMILES string of the molecule is CC(C#N)(NCC1CC1)C1CCCCC1. The van der Waals surface area contributed by atoms with E-state index >= 15 is 0 Å². The van der Waals surface area contributed by atoms with Crippen molar-refractivity contribution in [1.29, 1.82) is 5.26 Å². The second kappa shape index (κ2) is 4.53. The molecule has 1 N–H and O–H groups in total. The number of hydrogen-bond donors (Lipinski definition) is 1. The summed E-state index contributed by atoms with van der Waals surface area (Å²) < 4.78 is 0. The highest BCUT2D eigenvalue weighted by Crippen LogP contribution is 2.34. The zero-order valence-electron chi connectivity index (χ0n) is 9.76. The summed E-state index contributed by atoms with van der Waals surface area (Å²) in [6, 6.07) is 2.52. The molecule has 2 fully saturated rings. The summed E-state index contributed by atoms with van der Waals surface area (Å²) >= 11 is 0. The molecule has 84 valence electrons. The van der Waals surface area contributed by atoms with Crippen LogP contribution in [0.5, 0.6) is 0 Å². The fourth-order valence-corrected chi connectivity index (χ4v) is 2.63. The van der Waals surface area contributed by atoms with E-state index in [4.69, 9.17) is 0 Å². The number of rotatable bonds is 4. The third-order valence-corrected chi connectivity index (χ3v) is 4.11. The lowest BCUT2D eigenvalue weighted by atomic mass is 9.76. The monoisotopic (exact) mass is 206 g/mol. The molecule has 0 aliphatic heterocycles. The molecular formula is C13H22N2. The maximum absolute atomic E-state index is 9.36. The number of hydrogen-bond acceptors (Lipinski definition) is 2. The normalized spacial score (nSPS) is 26.9. The van der Waals surface area contributed by atoms with Crippen LogP contribution in [0.15, 0.2) is 0 Å². The fourth-order valence-electron chi connectivity index (χ4n) is 2.63. The summed E-state index contributed by atoms with van der Waals surface area (Å²) in [5.41, 5.74) is -0.261. The highest BCUT2D eigenvalue weighted by molar-refractivity contribution is 5.08. The second-order valence-electron chi connectivity index (χ2n) is 5.47. The van der Waals surface area contributed by atoms with Gasteiger partial charge < -0.3 is 0 Å². The van der Waals surface area contributed by atoms with Gasteiger partial charge in [-0.2, -0.15) is 5.26 Å².